The van der Waals surface area contributed by atoms with E-state index in [0.29, 0.717) is 34.3 Å². The first-order valence-electron chi connectivity index (χ1n) is 9.80. The van der Waals surface area contributed by atoms with Crippen LogP contribution in [-0.4, -0.2) is 31.3 Å². The van der Waals surface area contributed by atoms with Crippen molar-refractivity contribution in [2.24, 2.45) is 5.10 Å². The van der Waals surface area contributed by atoms with Crippen molar-refractivity contribution in [1.82, 2.24) is 5.43 Å². The molecule has 3 aromatic carbocycles. The minimum absolute atomic E-state index is 0.236. The summed E-state index contributed by atoms with van der Waals surface area (Å²) in [4.78, 5) is 24.2. The Morgan fingerprint density at radius 1 is 0.938 bits per heavy atom. The van der Waals surface area contributed by atoms with Crippen LogP contribution in [-0.2, 0) is 4.79 Å². The molecule has 0 aliphatic rings. The van der Waals surface area contributed by atoms with Crippen molar-refractivity contribution < 1.29 is 23.8 Å². The summed E-state index contributed by atoms with van der Waals surface area (Å²) >= 11 is 5.98. The number of para-hydroxylation sites is 1. The van der Waals surface area contributed by atoms with Crippen LogP contribution in [0, 0.1) is 0 Å². The van der Waals surface area contributed by atoms with Gasteiger partial charge in [-0.1, -0.05) is 41.9 Å². The standard InChI is InChI=1S/C24H21ClN2O5/c1-2-30-22-14-17(12-13-21(22)32-24(29)18-8-4-3-5-9-18)15-26-27-23(28)16-31-20-11-7-6-10-19(20)25/h3-15H,2,16H2,1H3,(H,27,28)/b26-15-. The van der Waals surface area contributed by atoms with Crippen molar-refractivity contribution in [3.63, 3.8) is 0 Å². The number of rotatable bonds is 9. The van der Waals surface area contributed by atoms with Gasteiger partial charge in [-0.15, -0.1) is 0 Å². The Morgan fingerprint density at radius 3 is 2.44 bits per heavy atom. The lowest BCUT2D eigenvalue weighted by Crippen LogP contribution is -2.24. The molecule has 0 saturated carbocycles. The molecule has 0 atom stereocenters. The Labute approximate surface area is 190 Å². The Bertz CT molecular complexity index is 1100. The Balaban J connectivity index is 1.59. The fraction of sp³-hybridized carbons (Fsp3) is 0.125. The molecule has 0 aromatic heterocycles. The van der Waals surface area contributed by atoms with Gasteiger partial charge >= 0.3 is 5.97 Å². The van der Waals surface area contributed by atoms with Crippen LogP contribution in [0.5, 0.6) is 17.2 Å². The van der Waals surface area contributed by atoms with Crippen molar-refractivity contribution in [2.75, 3.05) is 13.2 Å². The molecule has 0 spiro atoms. The fourth-order valence-corrected chi connectivity index (χ4v) is 2.80. The van der Waals surface area contributed by atoms with Crippen molar-refractivity contribution >= 4 is 29.7 Å². The highest BCUT2D eigenvalue weighted by molar-refractivity contribution is 6.32. The smallest absolute Gasteiger partial charge is 0.343 e. The highest BCUT2D eigenvalue weighted by Crippen LogP contribution is 2.29. The number of esters is 1. The highest BCUT2D eigenvalue weighted by Gasteiger charge is 2.13. The molecule has 32 heavy (non-hydrogen) atoms. The van der Waals surface area contributed by atoms with E-state index in [1.807, 2.05) is 13.0 Å². The molecule has 3 aromatic rings. The van der Waals surface area contributed by atoms with Gasteiger partial charge in [0, 0.05) is 0 Å². The predicted molar refractivity (Wildman–Crippen MR) is 122 cm³/mol. The summed E-state index contributed by atoms with van der Waals surface area (Å²) in [5.74, 6) is 0.151. The summed E-state index contributed by atoms with van der Waals surface area (Å²) in [7, 11) is 0. The summed E-state index contributed by atoms with van der Waals surface area (Å²) in [5.41, 5.74) is 3.45. The van der Waals surface area contributed by atoms with Gasteiger partial charge in [-0.2, -0.15) is 5.10 Å². The van der Waals surface area contributed by atoms with Crippen LogP contribution in [0.25, 0.3) is 0 Å². The lowest BCUT2D eigenvalue weighted by molar-refractivity contribution is -0.123. The predicted octanol–water partition coefficient (Wildman–Crippen LogP) is 4.49. The maximum Gasteiger partial charge on any atom is 0.343 e. The molecule has 0 fully saturated rings. The van der Waals surface area contributed by atoms with Crippen LogP contribution in [0.2, 0.25) is 5.02 Å². The molecular weight excluding hydrogens is 432 g/mol. The van der Waals surface area contributed by atoms with Crippen LogP contribution in [0.15, 0.2) is 77.9 Å². The van der Waals surface area contributed by atoms with Crippen molar-refractivity contribution in [3.05, 3.63) is 88.9 Å². The first-order chi connectivity index (χ1) is 15.6. The van der Waals surface area contributed by atoms with Crippen LogP contribution in [0.1, 0.15) is 22.8 Å². The van der Waals surface area contributed by atoms with Gasteiger partial charge in [0.2, 0.25) is 0 Å². The van der Waals surface area contributed by atoms with Gasteiger partial charge in [0.05, 0.1) is 23.4 Å². The second-order valence-corrected chi connectivity index (χ2v) is 6.81. The molecule has 1 N–H and O–H groups in total. The number of amides is 1. The zero-order valence-electron chi connectivity index (χ0n) is 17.3. The zero-order chi connectivity index (χ0) is 22.8. The highest BCUT2D eigenvalue weighted by atomic mass is 35.5. The van der Waals surface area contributed by atoms with Crippen LogP contribution in [0.4, 0.5) is 0 Å². The number of carbonyl (C=O) groups is 2. The van der Waals surface area contributed by atoms with Gasteiger partial charge in [0.25, 0.3) is 5.91 Å². The van der Waals surface area contributed by atoms with Gasteiger partial charge in [-0.3, -0.25) is 4.79 Å². The largest absolute Gasteiger partial charge is 0.490 e. The molecule has 0 saturated heterocycles. The molecule has 1 amide bonds. The molecule has 8 heteroatoms. The van der Waals surface area contributed by atoms with E-state index >= 15 is 0 Å². The van der Waals surface area contributed by atoms with Gasteiger partial charge < -0.3 is 14.2 Å². The minimum atomic E-state index is -0.487. The van der Waals surface area contributed by atoms with E-state index in [0.717, 1.165) is 0 Å². The summed E-state index contributed by atoms with van der Waals surface area (Å²) < 4.78 is 16.4. The van der Waals surface area contributed by atoms with Gasteiger partial charge in [-0.05, 0) is 55.0 Å². The molecule has 7 nitrogen and oxygen atoms in total. The van der Waals surface area contributed by atoms with Crippen LogP contribution >= 0.6 is 11.6 Å². The normalized spacial score (nSPS) is 10.6. The molecule has 0 heterocycles. The number of carbonyl (C=O) groups excluding carboxylic acids is 2. The van der Waals surface area contributed by atoms with E-state index in [9.17, 15) is 9.59 Å². The van der Waals surface area contributed by atoms with E-state index in [1.165, 1.54) is 6.21 Å². The Hall–Kier alpha value is -3.84. The first-order valence-corrected chi connectivity index (χ1v) is 10.2. The summed E-state index contributed by atoms with van der Waals surface area (Å²) in [6, 6.07) is 20.5. The quantitative estimate of drug-likeness (QED) is 0.224. The van der Waals surface area contributed by atoms with Crippen molar-refractivity contribution in [1.29, 1.82) is 0 Å². The molecule has 0 unspecified atom stereocenters. The zero-order valence-corrected chi connectivity index (χ0v) is 18.0. The second-order valence-electron chi connectivity index (χ2n) is 6.41. The lowest BCUT2D eigenvalue weighted by atomic mass is 10.2. The molecule has 0 aliphatic carbocycles. The monoisotopic (exact) mass is 452 g/mol. The summed E-state index contributed by atoms with van der Waals surface area (Å²) in [6.07, 6.45) is 1.44. The van der Waals surface area contributed by atoms with E-state index in [-0.39, 0.29) is 12.4 Å². The number of hydrazone groups is 1. The minimum Gasteiger partial charge on any atom is -0.490 e. The number of halogens is 1. The molecule has 0 bridgehead atoms. The number of ether oxygens (including phenoxy) is 3. The number of nitrogens with one attached hydrogen (secondary N) is 1. The number of hydrogen-bond donors (Lipinski definition) is 1. The number of hydrogen-bond acceptors (Lipinski definition) is 6. The van der Waals surface area contributed by atoms with Gasteiger partial charge in [0.15, 0.2) is 18.1 Å². The fourth-order valence-electron chi connectivity index (χ4n) is 2.61. The lowest BCUT2D eigenvalue weighted by Gasteiger charge is -2.11. The Kier molecular flexibility index (Phi) is 8.22. The maximum atomic E-state index is 12.3. The summed E-state index contributed by atoms with van der Waals surface area (Å²) in [6.45, 7) is 1.97. The van der Waals surface area contributed by atoms with E-state index in [1.54, 1.807) is 66.7 Å². The van der Waals surface area contributed by atoms with E-state index in [4.69, 9.17) is 25.8 Å². The molecule has 0 aliphatic heterocycles. The third-order valence-corrected chi connectivity index (χ3v) is 4.39. The first kappa shape index (κ1) is 22.8. The molecular formula is C24H21ClN2O5. The number of nitrogens with zero attached hydrogens (tertiary/aromatic N) is 1. The van der Waals surface area contributed by atoms with E-state index in [2.05, 4.69) is 10.5 Å². The van der Waals surface area contributed by atoms with Crippen LogP contribution < -0.4 is 19.6 Å². The average molecular weight is 453 g/mol. The van der Waals surface area contributed by atoms with Crippen molar-refractivity contribution in [2.45, 2.75) is 6.92 Å². The Morgan fingerprint density at radius 2 is 1.69 bits per heavy atom. The third kappa shape index (κ3) is 6.58. The topological polar surface area (TPSA) is 86.2 Å². The number of benzene rings is 3. The van der Waals surface area contributed by atoms with E-state index < -0.39 is 11.9 Å². The second kappa shape index (κ2) is 11.5. The average Bonchev–Trinajstić information content (AvgIpc) is 2.81. The summed E-state index contributed by atoms with van der Waals surface area (Å²) in [5, 5.41) is 4.33. The maximum absolute atomic E-state index is 12.3. The molecule has 3 rings (SSSR count). The SMILES string of the molecule is CCOc1cc(/C=N\NC(=O)COc2ccccc2Cl)ccc1OC(=O)c1ccccc1. The molecule has 164 valence electrons. The van der Waals surface area contributed by atoms with Gasteiger partial charge in [0.1, 0.15) is 5.75 Å². The third-order valence-electron chi connectivity index (χ3n) is 4.08. The van der Waals surface area contributed by atoms with Crippen molar-refractivity contribution in [3.8, 4) is 17.2 Å². The molecule has 0 radical (unpaired) electrons. The van der Waals surface area contributed by atoms with Crippen LogP contribution in [0.3, 0.4) is 0 Å². The van der Waals surface area contributed by atoms with Gasteiger partial charge in [-0.25, -0.2) is 10.2 Å².